The van der Waals surface area contributed by atoms with Crippen molar-refractivity contribution in [2.75, 3.05) is 11.3 Å². The summed E-state index contributed by atoms with van der Waals surface area (Å²) in [6.07, 6.45) is 3.90. The van der Waals surface area contributed by atoms with Gasteiger partial charge in [-0.25, -0.2) is 13.6 Å². The molecule has 1 aromatic carbocycles. The van der Waals surface area contributed by atoms with Crippen LogP contribution in [0.5, 0.6) is 0 Å². The molecule has 0 spiro atoms. The molecule has 3 N–H and O–H groups in total. The molecule has 14 nitrogen and oxygen atoms in total. The van der Waals surface area contributed by atoms with Gasteiger partial charge in [0.1, 0.15) is 6.54 Å². The van der Waals surface area contributed by atoms with Crippen LogP contribution in [0.1, 0.15) is 17.0 Å². The van der Waals surface area contributed by atoms with Gasteiger partial charge in [0.2, 0.25) is 0 Å². The Morgan fingerprint density at radius 1 is 1.12 bits per heavy atom. The van der Waals surface area contributed by atoms with Crippen LogP contribution in [-0.4, -0.2) is 67.7 Å². The zero-order valence-corrected chi connectivity index (χ0v) is 18.2. The van der Waals surface area contributed by atoms with Gasteiger partial charge in [-0.2, -0.15) is 0 Å². The second-order valence-electron chi connectivity index (χ2n) is 6.95. The van der Waals surface area contributed by atoms with Crippen molar-refractivity contribution in [3.05, 3.63) is 53.6 Å². The lowest BCUT2D eigenvalue weighted by atomic mass is 10.1. The number of carboxylic acids is 1. The Bertz CT molecular complexity index is 1090. The van der Waals surface area contributed by atoms with Gasteiger partial charge in [0.15, 0.2) is 6.73 Å². The van der Waals surface area contributed by atoms with Crippen molar-refractivity contribution >= 4 is 29.4 Å². The van der Waals surface area contributed by atoms with E-state index in [1.807, 2.05) is 17.0 Å². The van der Waals surface area contributed by atoms with Crippen LogP contribution in [0.2, 0.25) is 0 Å². The minimum absolute atomic E-state index is 0.0426. The van der Waals surface area contributed by atoms with E-state index in [1.54, 1.807) is 24.5 Å². The first-order chi connectivity index (χ1) is 15.9. The molecule has 0 bridgehead atoms. The number of aliphatic carboxylic acids is 1. The second kappa shape index (κ2) is 11.8. The van der Waals surface area contributed by atoms with Crippen molar-refractivity contribution < 1.29 is 28.2 Å². The standard InChI is InChI=1S/C18H22N8O6S/c27-13-32-12-26-10-17(20-23-26)8-24(7-16-9-25(22-19-16)11-18(28)29)6-5-14-1-3-15(4-2-14)21-33(30)31/h1-4,9-10,13,21H,5-8,11-12H2,(H,28,29)(H,30,31). The number of carboxylic acid groups (broad SMARTS) is 1. The number of rotatable bonds is 14. The van der Waals surface area contributed by atoms with Crippen molar-refractivity contribution in [2.24, 2.45) is 0 Å². The first-order valence-corrected chi connectivity index (χ1v) is 10.8. The molecule has 2 aromatic heterocycles. The van der Waals surface area contributed by atoms with E-state index < -0.39 is 17.2 Å². The van der Waals surface area contributed by atoms with Gasteiger partial charge < -0.3 is 9.84 Å². The van der Waals surface area contributed by atoms with Gasteiger partial charge >= 0.3 is 5.97 Å². The van der Waals surface area contributed by atoms with Crippen LogP contribution in [0.25, 0.3) is 0 Å². The predicted molar refractivity (Wildman–Crippen MR) is 113 cm³/mol. The van der Waals surface area contributed by atoms with Crippen molar-refractivity contribution in [1.29, 1.82) is 0 Å². The molecule has 0 aliphatic rings. The number of anilines is 1. The molecule has 1 unspecified atom stereocenters. The summed E-state index contributed by atoms with van der Waals surface area (Å²) in [4.78, 5) is 23.3. The first kappa shape index (κ1) is 24.0. The van der Waals surface area contributed by atoms with Crippen LogP contribution in [0.3, 0.4) is 0 Å². The van der Waals surface area contributed by atoms with E-state index in [4.69, 9.17) is 9.66 Å². The predicted octanol–water partition coefficient (Wildman–Crippen LogP) is -0.122. The largest absolute Gasteiger partial charge is 0.480 e. The molecule has 3 rings (SSSR count). The summed E-state index contributed by atoms with van der Waals surface area (Å²) >= 11 is -2.13. The van der Waals surface area contributed by atoms with E-state index in [9.17, 15) is 13.8 Å². The number of carbonyl (C=O) groups is 2. The normalized spacial score (nSPS) is 11.9. The van der Waals surface area contributed by atoms with Gasteiger partial charge in [0.05, 0.1) is 23.8 Å². The van der Waals surface area contributed by atoms with Gasteiger partial charge in [0, 0.05) is 25.3 Å². The second-order valence-corrected chi connectivity index (χ2v) is 7.65. The lowest BCUT2D eigenvalue weighted by Gasteiger charge is -2.20. The third-order valence-electron chi connectivity index (χ3n) is 4.39. The zero-order chi connectivity index (χ0) is 23.6. The van der Waals surface area contributed by atoms with Crippen LogP contribution >= 0.6 is 0 Å². The Balaban J connectivity index is 1.66. The molecule has 3 aromatic rings. The molecule has 0 radical (unpaired) electrons. The van der Waals surface area contributed by atoms with Gasteiger partial charge in [0.25, 0.3) is 17.7 Å². The Morgan fingerprint density at radius 3 is 2.36 bits per heavy atom. The first-order valence-electron chi connectivity index (χ1n) is 9.65. The molecular weight excluding hydrogens is 456 g/mol. The molecule has 0 saturated carbocycles. The van der Waals surface area contributed by atoms with E-state index in [1.165, 1.54) is 9.36 Å². The van der Waals surface area contributed by atoms with Gasteiger partial charge in [-0.05, 0) is 24.1 Å². The van der Waals surface area contributed by atoms with Crippen LogP contribution < -0.4 is 4.72 Å². The average Bonchev–Trinajstić information content (AvgIpc) is 3.40. The molecule has 2 heterocycles. The highest BCUT2D eigenvalue weighted by Crippen LogP contribution is 2.13. The lowest BCUT2D eigenvalue weighted by molar-refractivity contribution is -0.138. The fraction of sp³-hybridized carbons (Fsp3) is 0.333. The lowest BCUT2D eigenvalue weighted by Crippen LogP contribution is -2.26. The monoisotopic (exact) mass is 478 g/mol. The van der Waals surface area contributed by atoms with Crippen molar-refractivity contribution in [1.82, 2.24) is 34.9 Å². The minimum atomic E-state index is -2.13. The third-order valence-corrected chi connectivity index (χ3v) is 4.80. The highest BCUT2D eigenvalue weighted by atomic mass is 32.2. The van der Waals surface area contributed by atoms with E-state index in [-0.39, 0.29) is 13.3 Å². The quantitative estimate of drug-likeness (QED) is 0.208. The number of carbonyl (C=O) groups excluding carboxylic acids is 1. The van der Waals surface area contributed by atoms with Gasteiger partial charge in [-0.15, -0.1) is 10.2 Å². The molecule has 33 heavy (non-hydrogen) atoms. The molecular formula is C18H22N8O6S. The van der Waals surface area contributed by atoms with Crippen LogP contribution in [0.15, 0.2) is 36.7 Å². The molecule has 1 atom stereocenters. The SMILES string of the molecule is O=COCn1cc(CN(CCc2ccc(NS(=O)O)cc2)Cc2cn(CC(=O)O)nn2)nn1. The number of benzene rings is 1. The van der Waals surface area contributed by atoms with Crippen LogP contribution in [0, 0.1) is 0 Å². The summed E-state index contributed by atoms with van der Waals surface area (Å²) < 4.78 is 29.5. The number of aromatic nitrogens is 6. The summed E-state index contributed by atoms with van der Waals surface area (Å²) in [6.45, 7) is 1.40. The summed E-state index contributed by atoms with van der Waals surface area (Å²) in [5.74, 6) is -1.01. The molecule has 176 valence electrons. The number of hydrogen-bond acceptors (Lipinski definition) is 9. The fourth-order valence-corrected chi connectivity index (χ4v) is 3.35. The maximum Gasteiger partial charge on any atom is 0.325 e. The van der Waals surface area contributed by atoms with E-state index >= 15 is 0 Å². The highest BCUT2D eigenvalue weighted by molar-refractivity contribution is 7.80. The Labute approximate surface area is 190 Å². The number of ether oxygens (including phenoxy) is 1. The molecule has 15 heteroatoms. The van der Waals surface area contributed by atoms with Gasteiger partial charge in [-0.1, -0.05) is 22.6 Å². The average molecular weight is 478 g/mol. The van der Waals surface area contributed by atoms with Crippen LogP contribution in [-0.2, 0) is 58.4 Å². The Morgan fingerprint density at radius 2 is 1.76 bits per heavy atom. The van der Waals surface area contributed by atoms with Crippen molar-refractivity contribution in [3.8, 4) is 0 Å². The smallest absolute Gasteiger partial charge is 0.325 e. The number of hydrogen-bond donors (Lipinski definition) is 3. The fourth-order valence-electron chi connectivity index (χ4n) is 3.01. The number of nitrogens with one attached hydrogen (secondary N) is 1. The molecule has 0 fully saturated rings. The van der Waals surface area contributed by atoms with Gasteiger partial charge in [-0.3, -0.25) is 23.8 Å². The third kappa shape index (κ3) is 8.06. The summed E-state index contributed by atoms with van der Waals surface area (Å²) in [6, 6.07) is 7.13. The number of nitrogens with zero attached hydrogens (tertiary/aromatic N) is 7. The summed E-state index contributed by atoms with van der Waals surface area (Å²) in [5.41, 5.74) is 2.78. The zero-order valence-electron chi connectivity index (χ0n) is 17.4. The minimum Gasteiger partial charge on any atom is -0.480 e. The van der Waals surface area contributed by atoms with E-state index in [2.05, 4.69) is 30.1 Å². The van der Waals surface area contributed by atoms with E-state index in [0.29, 0.717) is 49.6 Å². The molecule has 0 aliphatic carbocycles. The topological polar surface area (TPSA) is 178 Å². The van der Waals surface area contributed by atoms with Crippen molar-refractivity contribution in [2.45, 2.75) is 32.8 Å². The summed E-state index contributed by atoms with van der Waals surface area (Å²) in [5, 5.41) is 24.8. The highest BCUT2D eigenvalue weighted by Gasteiger charge is 2.14. The Kier molecular flexibility index (Phi) is 8.56. The maximum absolute atomic E-state index is 10.9. The molecule has 0 aliphatic heterocycles. The van der Waals surface area contributed by atoms with Crippen molar-refractivity contribution in [3.63, 3.8) is 0 Å². The Hall–Kier alpha value is -3.69. The van der Waals surface area contributed by atoms with Crippen LogP contribution in [0.4, 0.5) is 5.69 Å². The summed E-state index contributed by atoms with van der Waals surface area (Å²) in [7, 11) is 0. The maximum atomic E-state index is 10.9. The molecule has 0 amide bonds. The molecule has 0 saturated heterocycles. The van der Waals surface area contributed by atoms with E-state index in [0.717, 1.165) is 5.56 Å².